The number of rotatable bonds is 5. The number of urea groups is 1. The SMILES string of the molecule is CC1(NC(=O)N[C@@H](Cc2cnc[nH]2)C(=O)O)CCCC1. The van der Waals surface area contributed by atoms with Crippen LogP contribution in [0, 0.1) is 0 Å². The van der Waals surface area contributed by atoms with E-state index in [1.807, 2.05) is 6.92 Å². The van der Waals surface area contributed by atoms with Gasteiger partial charge >= 0.3 is 12.0 Å². The largest absolute Gasteiger partial charge is 0.480 e. The second kappa shape index (κ2) is 5.94. The third-order valence-electron chi connectivity index (χ3n) is 3.70. The Morgan fingerprint density at radius 1 is 1.50 bits per heavy atom. The highest BCUT2D eigenvalue weighted by atomic mass is 16.4. The van der Waals surface area contributed by atoms with Gasteiger partial charge in [-0.15, -0.1) is 0 Å². The number of carboxylic acid groups (broad SMARTS) is 1. The monoisotopic (exact) mass is 280 g/mol. The molecule has 1 aliphatic carbocycles. The Kier molecular flexibility index (Phi) is 4.26. The van der Waals surface area contributed by atoms with Crippen molar-refractivity contribution >= 4 is 12.0 Å². The van der Waals surface area contributed by atoms with Crippen molar-refractivity contribution in [3.63, 3.8) is 0 Å². The van der Waals surface area contributed by atoms with E-state index in [0.717, 1.165) is 25.7 Å². The average molecular weight is 280 g/mol. The molecule has 0 aliphatic heterocycles. The normalized spacial score (nSPS) is 18.4. The van der Waals surface area contributed by atoms with Gasteiger partial charge in [0.15, 0.2) is 0 Å². The number of aromatic nitrogens is 2. The fraction of sp³-hybridized carbons (Fsp3) is 0.615. The van der Waals surface area contributed by atoms with Crippen LogP contribution in [-0.4, -0.2) is 38.7 Å². The summed E-state index contributed by atoms with van der Waals surface area (Å²) in [5, 5.41) is 14.6. The number of carbonyl (C=O) groups is 2. The molecular weight excluding hydrogens is 260 g/mol. The minimum atomic E-state index is -1.06. The number of H-pyrrole nitrogens is 1. The van der Waals surface area contributed by atoms with E-state index < -0.39 is 18.0 Å². The molecule has 1 aromatic rings. The Morgan fingerprint density at radius 3 is 2.75 bits per heavy atom. The lowest BCUT2D eigenvalue weighted by Gasteiger charge is -2.26. The van der Waals surface area contributed by atoms with Gasteiger partial charge in [0.05, 0.1) is 6.33 Å². The molecule has 1 heterocycles. The summed E-state index contributed by atoms with van der Waals surface area (Å²) in [4.78, 5) is 29.8. The molecule has 0 aromatic carbocycles. The second-order valence-corrected chi connectivity index (χ2v) is 5.54. The van der Waals surface area contributed by atoms with Gasteiger partial charge in [0.25, 0.3) is 0 Å². The molecule has 7 heteroatoms. The lowest BCUT2D eigenvalue weighted by molar-refractivity contribution is -0.139. The van der Waals surface area contributed by atoms with Crippen molar-refractivity contribution in [2.45, 2.75) is 50.6 Å². The standard InChI is InChI=1S/C13H20N4O3/c1-13(4-2-3-5-13)17-12(20)16-10(11(18)19)6-9-7-14-8-15-9/h7-8,10H,2-6H2,1H3,(H,14,15)(H,18,19)(H2,16,17,20)/t10-/m0/s1. The summed E-state index contributed by atoms with van der Waals surface area (Å²) in [5.41, 5.74) is 0.450. The first-order valence-corrected chi connectivity index (χ1v) is 6.77. The summed E-state index contributed by atoms with van der Waals surface area (Å²) in [5.74, 6) is -1.06. The Morgan fingerprint density at radius 2 is 2.20 bits per heavy atom. The van der Waals surface area contributed by atoms with E-state index in [-0.39, 0.29) is 12.0 Å². The molecule has 1 aromatic heterocycles. The molecule has 2 amide bonds. The number of hydrogen-bond donors (Lipinski definition) is 4. The Bertz CT molecular complexity index is 466. The lowest BCUT2D eigenvalue weighted by Crippen LogP contribution is -2.53. The zero-order chi connectivity index (χ0) is 14.6. The topological polar surface area (TPSA) is 107 Å². The van der Waals surface area contributed by atoms with Crippen molar-refractivity contribution in [3.8, 4) is 0 Å². The van der Waals surface area contributed by atoms with E-state index in [1.165, 1.54) is 6.33 Å². The molecule has 0 saturated heterocycles. The lowest BCUT2D eigenvalue weighted by atomic mass is 10.0. The molecule has 7 nitrogen and oxygen atoms in total. The number of aromatic amines is 1. The summed E-state index contributed by atoms with van der Waals surface area (Å²) in [7, 11) is 0. The number of carboxylic acids is 1. The van der Waals surface area contributed by atoms with Crippen molar-refractivity contribution in [3.05, 3.63) is 18.2 Å². The predicted molar refractivity (Wildman–Crippen MR) is 72.3 cm³/mol. The van der Waals surface area contributed by atoms with Crippen molar-refractivity contribution in [2.24, 2.45) is 0 Å². The summed E-state index contributed by atoms with van der Waals surface area (Å²) < 4.78 is 0. The number of amides is 2. The van der Waals surface area contributed by atoms with Gasteiger partial charge < -0.3 is 20.7 Å². The van der Waals surface area contributed by atoms with Crippen LogP contribution in [0.3, 0.4) is 0 Å². The van der Waals surface area contributed by atoms with E-state index in [9.17, 15) is 9.59 Å². The van der Waals surface area contributed by atoms with Crippen molar-refractivity contribution in [1.82, 2.24) is 20.6 Å². The minimum Gasteiger partial charge on any atom is -0.480 e. The third kappa shape index (κ3) is 3.72. The number of carbonyl (C=O) groups excluding carboxylic acids is 1. The van der Waals surface area contributed by atoms with Crippen LogP contribution in [0.5, 0.6) is 0 Å². The maximum atomic E-state index is 11.9. The summed E-state index contributed by atoms with van der Waals surface area (Å²) in [6.07, 6.45) is 7.25. The van der Waals surface area contributed by atoms with Gasteiger partial charge in [-0.1, -0.05) is 12.8 Å². The van der Waals surface area contributed by atoms with Crippen LogP contribution in [0.2, 0.25) is 0 Å². The summed E-state index contributed by atoms with van der Waals surface area (Å²) >= 11 is 0. The first-order chi connectivity index (χ1) is 9.48. The third-order valence-corrected chi connectivity index (χ3v) is 3.70. The Labute approximate surface area is 117 Å². The van der Waals surface area contributed by atoms with Crippen LogP contribution in [-0.2, 0) is 11.2 Å². The molecule has 20 heavy (non-hydrogen) atoms. The maximum Gasteiger partial charge on any atom is 0.326 e. The van der Waals surface area contributed by atoms with Gasteiger partial charge in [-0.3, -0.25) is 0 Å². The molecule has 0 spiro atoms. The molecule has 1 atom stereocenters. The average Bonchev–Trinajstić information content (AvgIpc) is 3.00. The fourth-order valence-corrected chi connectivity index (χ4v) is 2.57. The maximum absolute atomic E-state index is 11.9. The van der Waals surface area contributed by atoms with Gasteiger partial charge in [-0.2, -0.15) is 0 Å². The minimum absolute atomic E-state index is 0.180. The molecule has 110 valence electrons. The molecule has 0 radical (unpaired) electrons. The highest BCUT2D eigenvalue weighted by Crippen LogP contribution is 2.28. The molecule has 1 fully saturated rings. The smallest absolute Gasteiger partial charge is 0.326 e. The zero-order valence-electron chi connectivity index (χ0n) is 11.5. The highest BCUT2D eigenvalue weighted by molar-refractivity contribution is 5.83. The quantitative estimate of drug-likeness (QED) is 0.646. The van der Waals surface area contributed by atoms with E-state index in [2.05, 4.69) is 20.6 Å². The van der Waals surface area contributed by atoms with Gasteiger partial charge in [0.2, 0.25) is 0 Å². The first-order valence-electron chi connectivity index (χ1n) is 6.77. The first kappa shape index (κ1) is 14.4. The van der Waals surface area contributed by atoms with E-state index in [0.29, 0.717) is 5.69 Å². The van der Waals surface area contributed by atoms with E-state index in [1.54, 1.807) is 6.20 Å². The van der Waals surface area contributed by atoms with Gasteiger partial charge in [0, 0.05) is 23.9 Å². The van der Waals surface area contributed by atoms with Crippen molar-refractivity contribution < 1.29 is 14.7 Å². The number of hydrogen-bond acceptors (Lipinski definition) is 3. The molecule has 1 saturated carbocycles. The van der Waals surface area contributed by atoms with Crippen LogP contribution < -0.4 is 10.6 Å². The molecule has 2 rings (SSSR count). The van der Waals surface area contributed by atoms with Crippen LogP contribution >= 0.6 is 0 Å². The van der Waals surface area contributed by atoms with Crippen molar-refractivity contribution in [1.29, 1.82) is 0 Å². The zero-order valence-corrected chi connectivity index (χ0v) is 11.5. The van der Waals surface area contributed by atoms with E-state index in [4.69, 9.17) is 5.11 Å². The number of imidazole rings is 1. The number of nitrogens with one attached hydrogen (secondary N) is 3. The molecule has 0 bridgehead atoms. The summed E-state index contributed by atoms with van der Waals surface area (Å²) in [6, 6.07) is -1.40. The molecular formula is C13H20N4O3. The van der Waals surface area contributed by atoms with Gasteiger partial charge in [-0.05, 0) is 19.8 Å². The predicted octanol–water partition coefficient (Wildman–Crippen LogP) is 1.04. The van der Waals surface area contributed by atoms with Crippen LogP contribution in [0.4, 0.5) is 4.79 Å². The Hall–Kier alpha value is -2.05. The number of nitrogens with zero attached hydrogens (tertiary/aromatic N) is 1. The van der Waals surface area contributed by atoms with Crippen LogP contribution in [0.15, 0.2) is 12.5 Å². The summed E-state index contributed by atoms with van der Waals surface area (Å²) in [6.45, 7) is 1.99. The van der Waals surface area contributed by atoms with Gasteiger partial charge in [-0.25, -0.2) is 14.6 Å². The fourth-order valence-electron chi connectivity index (χ4n) is 2.57. The molecule has 1 aliphatic rings. The molecule has 0 unspecified atom stereocenters. The van der Waals surface area contributed by atoms with Gasteiger partial charge in [0.1, 0.15) is 6.04 Å². The highest BCUT2D eigenvalue weighted by Gasteiger charge is 2.31. The Balaban J connectivity index is 1.90. The van der Waals surface area contributed by atoms with Crippen LogP contribution in [0.1, 0.15) is 38.3 Å². The molecule has 4 N–H and O–H groups in total. The number of aliphatic carboxylic acids is 1. The second-order valence-electron chi connectivity index (χ2n) is 5.54. The van der Waals surface area contributed by atoms with Crippen molar-refractivity contribution in [2.75, 3.05) is 0 Å². The van der Waals surface area contributed by atoms with Crippen LogP contribution in [0.25, 0.3) is 0 Å². The van der Waals surface area contributed by atoms with E-state index >= 15 is 0 Å².